The fraction of sp³-hybridized carbons (Fsp3) is 0.350. The molecule has 0 atom stereocenters. The van der Waals surface area contributed by atoms with Gasteiger partial charge in [0.2, 0.25) is 0 Å². The minimum atomic E-state index is -0.198. The molecule has 0 spiro atoms. The first kappa shape index (κ1) is 19.0. The Bertz CT molecular complexity index is 863. The molecular formula is C20H25N5O2. The first-order chi connectivity index (χ1) is 13.0. The van der Waals surface area contributed by atoms with Gasteiger partial charge in [-0.25, -0.2) is 0 Å². The van der Waals surface area contributed by atoms with E-state index in [2.05, 4.69) is 34.8 Å². The van der Waals surface area contributed by atoms with Crippen LogP contribution in [0.15, 0.2) is 30.6 Å². The third kappa shape index (κ3) is 3.84. The summed E-state index contributed by atoms with van der Waals surface area (Å²) in [6.45, 7) is 6.49. The van der Waals surface area contributed by atoms with Gasteiger partial charge in [0.1, 0.15) is 0 Å². The molecule has 0 saturated heterocycles. The maximum absolute atomic E-state index is 13.2. The molecule has 0 aliphatic heterocycles. The molecule has 0 bridgehead atoms. The Labute approximate surface area is 158 Å². The van der Waals surface area contributed by atoms with Crippen LogP contribution in [-0.4, -0.2) is 48.8 Å². The number of nitrogens with one attached hydrogen (secondary N) is 3. The number of hydrogen-bond acceptors (Lipinski definition) is 7. The van der Waals surface area contributed by atoms with E-state index in [1.54, 1.807) is 6.07 Å². The van der Waals surface area contributed by atoms with Gasteiger partial charge in [0.05, 0.1) is 16.7 Å². The smallest absolute Gasteiger partial charge is 0.198 e. The zero-order valence-corrected chi connectivity index (χ0v) is 15.6. The molecule has 7 nitrogen and oxygen atoms in total. The summed E-state index contributed by atoms with van der Waals surface area (Å²) in [7, 11) is 0. The minimum Gasteiger partial charge on any atom is -0.383 e. The molecule has 0 amide bonds. The molecular weight excluding hydrogens is 342 g/mol. The lowest BCUT2D eigenvalue weighted by Gasteiger charge is -2.23. The summed E-state index contributed by atoms with van der Waals surface area (Å²) in [6, 6.07) is 5.64. The minimum absolute atomic E-state index is 0.169. The van der Waals surface area contributed by atoms with Gasteiger partial charge < -0.3 is 21.7 Å². The van der Waals surface area contributed by atoms with Gasteiger partial charge in [-0.2, -0.15) is 0 Å². The summed E-state index contributed by atoms with van der Waals surface area (Å²) in [4.78, 5) is 30.3. The molecule has 1 aromatic heterocycles. The lowest BCUT2D eigenvalue weighted by molar-refractivity contribution is 0.0980. The van der Waals surface area contributed by atoms with E-state index < -0.39 is 0 Å². The van der Waals surface area contributed by atoms with Crippen LogP contribution < -0.4 is 21.7 Å². The number of benzene rings is 1. The van der Waals surface area contributed by atoms with Crippen LogP contribution in [0.2, 0.25) is 0 Å². The van der Waals surface area contributed by atoms with Crippen LogP contribution in [-0.2, 0) is 0 Å². The number of hydrogen-bond donors (Lipinski definition) is 4. The molecule has 1 aromatic carbocycles. The monoisotopic (exact) mass is 367 g/mol. The van der Waals surface area contributed by atoms with Crippen molar-refractivity contribution in [2.45, 2.75) is 19.9 Å². The van der Waals surface area contributed by atoms with Crippen LogP contribution in [0, 0.1) is 0 Å². The lowest BCUT2D eigenvalue weighted by Crippen LogP contribution is -2.29. The number of carbonyl (C=O) groups excluding carboxylic acids is 2. The largest absolute Gasteiger partial charge is 0.383 e. The molecule has 0 fully saturated rings. The van der Waals surface area contributed by atoms with Crippen molar-refractivity contribution in [2.24, 2.45) is 5.73 Å². The third-order valence-electron chi connectivity index (χ3n) is 4.42. The van der Waals surface area contributed by atoms with E-state index >= 15 is 0 Å². The summed E-state index contributed by atoms with van der Waals surface area (Å²) < 4.78 is 0. The lowest BCUT2D eigenvalue weighted by atomic mass is 9.83. The predicted octanol–water partition coefficient (Wildman–Crippen LogP) is 1.64. The first-order valence-electron chi connectivity index (χ1n) is 9.16. The fourth-order valence-electron chi connectivity index (χ4n) is 3.18. The molecule has 7 heteroatoms. The molecule has 142 valence electrons. The predicted molar refractivity (Wildman–Crippen MR) is 107 cm³/mol. The van der Waals surface area contributed by atoms with E-state index in [9.17, 15) is 9.59 Å². The molecule has 1 aliphatic rings. The summed E-state index contributed by atoms with van der Waals surface area (Å²) >= 11 is 0. The molecule has 0 radical (unpaired) electrons. The second-order valence-electron chi connectivity index (χ2n) is 6.74. The quantitative estimate of drug-likeness (QED) is 0.448. The molecule has 1 heterocycles. The number of nitrogens with two attached hydrogens (primary N) is 1. The number of pyridine rings is 1. The van der Waals surface area contributed by atoms with Crippen molar-refractivity contribution in [3.05, 3.63) is 52.8 Å². The molecule has 3 rings (SSSR count). The van der Waals surface area contributed by atoms with Crippen molar-refractivity contribution in [1.29, 1.82) is 0 Å². The van der Waals surface area contributed by atoms with Crippen LogP contribution >= 0.6 is 0 Å². The summed E-state index contributed by atoms with van der Waals surface area (Å²) in [6.07, 6.45) is 2.99. The number of fused-ring (bicyclic) bond motifs is 2. The van der Waals surface area contributed by atoms with Gasteiger partial charge in [0.15, 0.2) is 11.6 Å². The number of ketones is 2. The van der Waals surface area contributed by atoms with E-state index in [1.165, 1.54) is 12.4 Å². The Morgan fingerprint density at radius 3 is 2.19 bits per heavy atom. The van der Waals surface area contributed by atoms with Gasteiger partial charge in [-0.3, -0.25) is 14.6 Å². The van der Waals surface area contributed by atoms with Gasteiger partial charge in [-0.05, 0) is 18.2 Å². The highest BCUT2D eigenvalue weighted by Gasteiger charge is 2.34. The standard InChI is InChI=1S/C20H25N5O2/c1-12(2)23-9-10-25-16-4-3-15(24-8-6-21)18-17(16)19(26)13-5-7-22-11-14(13)20(18)27/h3-5,7,11-12,23-25H,6,8-10,21H2,1-2H3. The number of carbonyl (C=O) groups is 2. The van der Waals surface area contributed by atoms with Crippen molar-refractivity contribution >= 4 is 22.9 Å². The van der Waals surface area contributed by atoms with E-state index in [-0.39, 0.29) is 11.6 Å². The van der Waals surface area contributed by atoms with E-state index in [0.29, 0.717) is 59.3 Å². The number of aromatic nitrogens is 1. The van der Waals surface area contributed by atoms with Crippen molar-refractivity contribution in [3.8, 4) is 0 Å². The molecule has 1 aliphatic carbocycles. The average molecular weight is 367 g/mol. The Morgan fingerprint density at radius 1 is 0.926 bits per heavy atom. The number of nitrogens with zero attached hydrogens (tertiary/aromatic N) is 1. The van der Waals surface area contributed by atoms with E-state index in [0.717, 1.165) is 6.54 Å². The Kier molecular flexibility index (Phi) is 5.83. The van der Waals surface area contributed by atoms with Crippen LogP contribution in [0.25, 0.3) is 0 Å². The van der Waals surface area contributed by atoms with Gasteiger partial charge in [0.25, 0.3) is 0 Å². The van der Waals surface area contributed by atoms with Crippen LogP contribution in [0.4, 0.5) is 11.4 Å². The normalized spacial score (nSPS) is 12.7. The molecule has 2 aromatic rings. The maximum Gasteiger partial charge on any atom is 0.198 e. The zero-order valence-electron chi connectivity index (χ0n) is 15.6. The Morgan fingerprint density at radius 2 is 1.56 bits per heavy atom. The molecule has 5 N–H and O–H groups in total. The summed E-state index contributed by atoms with van der Waals surface area (Å²) in [5, 5.41) is 9.77. The first-order valence-corrected chi connectivity index (χ1v) is 9.16. The van der Waals surface area contributed by atoms with Crippen LogP contribution in [0.5, 0.6) is 0 Å². The third-order valence-corrected chi connectivity index (χ3v) is 4.42. The van der Waals surface area contributed by atoms with Gasteiger partial charge >= 0.3 is 0 Å². The average Bonchev–Trinajstić information content (AvgIpc) is 2.67. The Balaban J connectivity index is 2.00. The highest BCUT2D eigenvalue weighted by Crippen LogP contribution is 2.36. The van der Waals surface area contributed by atoms with Crippen LogP contribution in [0.3, 0.4) is 0 Å². The summed E-state index contributed by atoms with van der Waals surface area (Å²) in [5.41, 5.74) is 8.38. The highest BCUT2D eigenvalue weighted by molar-refractivity contribution is 6.31. The maximum atomic E-state index is 13.2. The van der Waals surface area contributed by atoms with E-state index in [1.807, 2.05) is 12.1 Å². The zero-order chi connectivity index (χ0) is 19.4. The second kappa shape index (κ2) is 8.28. The van der Waals surface area contributed by atoms with Crippen molar-refractivity contribution in [1.82, 2.24) is 10.3 Å². The van der Waals surface area contributed by atoms with Gasteiger partial charge in [0, 0.05) is 61.6 Å². The second-order valence-corrected chi connectivity index (χ2v) is 6.74. The van der Waals surface area contributed by atoms with Crippen molar-refractivity contribution in [3.63, 3.8) is 0 Å². The van der Waals surface area contributed by atoms with Crippen molar-refractivity contribution < 1.29 is 9.59 Å². The number of rotatable bonds is 8. The van der Waals surface area contributed by atoms with E-state index in [4.69, 9.17) is 5.73 Å². The number of anilines is 2. The summed E-state index contributed by atoms with van der Waals surface area (Å²) in [5.74, 6) is -0.367. The van der Waals surface area contributed by atoms with Gasteiger partial charge in [-0.15, -0.1) is 0 Å². The fourth-order valence-corrected chi connectivity index (χ4v) is 3.18. The SMILES string of the molecule is CC(C)NCCNc1ccc(NCCN)c2c1C(=O)c1ccncc1C2=O. The highest BCUT2D eigenvalue weighted by atomic mass is 16.1. The Hall–Kier alpha value is -2.77. The molecule has 0 unspecified atom stereocenters. The topological polar surface area (TPSA) is 109 Å². The molecule has 27 heavy (non-hydrogen) atoms. The van der Waals surface area contributed by atoms with Gasteiger partial charge in [-0.1, -0.05) is 13.8 Å². The van der Waals surface area contributed by atoms with Crippen molar-refractivity contribution in [2.75, 3.05) is 36.8 Å². The molecule has 0 saturated carbocycles. The van der Waals surface area contributed by atoms with Crippen LogP contribution in [0.1, 0.15) is 45.7 Å².